The molecule has 0 spiro atoms. The molecule has 1 aromatic rings. The van der Waals surface area contributed by atoms with Gasteiger partial charge in [0.15, 0.2) is 0 Å². The molecule has 0 N–H and O–H groups in total. The van der Waals surface area contributed by atoms with Crippen molar-refractivity contribution in [2.45, 2.75) is 18.6 Å². The topological polar surface area (TPSA) is 26.3 Å². The van der Waals surface area contributed by atoms with Gasteiger partial charge in [-0.1, -0.05) is 51.9 Å². The minimum atomic E-state index is -0.175. The Balaban J connectivity index is 2.02. The lowest BCUT2D eigenvalue weighted by Gasteiger charge is -2.12. The molecule has 0 fully saturated rings. The van der Waals surface area contributed by atoms with Gasteiger partial charge in [0.05, 0.1) is 17.4 Å². The molecule has 0 amide bonds. The lowest BCUT2D eigenvalue weighted by atomic mass is 10.1. The van der Waals surface area contributed by atoms with E-state index in [1.165, 1.54) is 5.56 Å². The first-order valence-electron chi connectivity index (χ1n) is 5.54. The normalized spacial score (nSPS) is 18.9. The van der Waals surface area contributed by atoms with Crippen molar-refractivity contribution in [1.29, 1.82) is 0 Å². The van der Waals surface area contributed by atoms with E-state index in [0.717, 1.165) is 12.0 Å². The van der Waals surface area contributed by atoms with E-state index in [1.54, 1.807) is 21.6 Å². The molecule has 1 aliphatic heterocycles. The number of carbonyl (C=O) groups excluding carboxylic acids is 1. The van der Waals surface area contributed by atoms with Crippen molar-refractivity contribution in [3.05, 3.63) is 46.9 Å². The lowest BCUT2D eigenvalue weighted by molar-refractivity contribution is -0.138. The van der Waals surface area contributed by atoms with Gasteiger partial charge in [-0.3, -0.25) is 0 Å². The largest absolute Gasteiger partial charge is 0.463 e. The Morgan fingerprint density at radius 1 is 1.35 bits per heavy atom. The molecule has 17 heavy (non-hydrogen) atoms. The number of hydrogen-bond acceptors (Lipinski definition) is 4. The maximum Gasteiger partial charge on any atom is 0.335 e. The molecule has 0 aromatic heterocycles. The lowest BCUT2D eigenvalue weighted by Crippen LogP contribution is -2.17. The minimum absolute atomic E-state index is 0.175. The van der Waals surface area contributed by atoms with Gasteiger partial charge in [-0.05, 0) is 24.3 Å². The number of esters is 1. The van der Waals surface area contributed by atoms with Crippen LogP contribution in [-0.2, 0) is 16.0 Å². The highest BCUT2D eigenvalue weighted by molar-refractivity contribution is 8.78. The molecule has 1 aromatic carbocycles. The maximum atomic E-state index is 11.7. The van der Waals surface area contributed by atoms with Gasteiger partial charge in [0.1, 0.15) is 0 Å². The summed E-state index contributed by atoms with van der Waals surface area (Å²) in [7, 11) is 3.34. The molecule has 4 heteroatoms. The molecular weight excluding hydrogens is 252 g/mol. The minimum Gasteiger partial charge on any atom is -0.463 e. The standard InChI is InChI=1S/C13H14O2S2/c1-2-15-13(14)11-9-16-17-12(11)8-10-6-4-3-5-7-10/h3-7,9,12H,2,8H2,1H3. The zero-order valence-electron chi connectivity index (χ0n) is 9.59. The third-order valence-electron chi connectivity index (χ3n) is 2.47. The fraction of sp³-hybridized carbons (Fsp3) is 0.308. The van der Waals surface area contributed by atoms with Crippen LogP contribution >= 0.6 is 21.6 Å². The SMILES string of the molecule is CCOC(=O)C1=CSSC1Cc1ccccc1. The Morgan fingerprint density at radius 2 is 2.12 bits per heavy atom. The van der Waals surface area contributed by atoms with Crippen molar-refractivity contribution >= 4 is 27.6 Å². The van der Waals surface area contributed by atoms with Crippen LogP contribution in [0.3, 0.4) is 0 Å². The van der Waals surface area contributed by atoms with Crippen LogP contribution in [0.1, 0.15) is 12.5 Å². The van der Waals surface area contributed by atoms with Gasteiger partial charge >= 0.3 is 5.97 Å². The maximum absolute atomic E-state index is 11.7. The highest BCUT2D eigenvalue weighted by atomic mass is 33.1. The van der Waals surface area contributed by atoms with Gasteiger partial charge in [-0.15, -0.1) is 0 Å². The average molecular weight is 266 g/mol. The highest BCUT2D eigenvalue weighted by Crippen LogP contribution is 2.42. The van der Waals surface area contributed by atoms with Crippen LogP contribution in [0.4, 0.5) is 0 Å². The molecule has 1 aliphatic rings. The quantitative estimate of drug-likeness (QED) is 0.616. The van der Waals surface area contributed by atoms with Crippen LogP contribution in [-0.4, -0.2) is 17.8 Å². The summed E-state index contributed by atoms with van der Waals surface area (Å²) in [5.41, 5.74) is 2.05. The van der Waals surface area contributed by atoms with Crippen LogP contribution in [0.2, 0.25) is 0 Å². The third-order valence-corrected chi connectivity index (χ3v) is 4.90. The summed E-state index contributed by atoms with van der Waals surface area (Å²) < 4.78 is 5.06. The number of benzene rings is 1. The smallest absolute Gasteiger partial charge is 0.335 e. The fourth-order valence-corrected chi connectivity index (χ4v) is 4.20. The number of ether oxygens (including phenoxy) is 1. The van der Waals surface area contributed by atoms with E-state index in [2.05, 4.69) is 12.1 Å². The first-order valence-corrected chi connectivity index (χ1v) is 7.82. The van der Waals surface area contributed by atoms with E-state index < -0.39 is 0 Å². The molecule has 1 atom stereocenters. The summed E-state index contributed by atoms with van der Waals surface area (Å²) in [6, 6.07) is 10.2. The van der Waals surface area contributed by atoms with Crippen LogP contribution < -0.4 is 0 Å². The van der Waals surface area contributed by atoms with Gasteiger partial charge in [-0.25, -0.2) is 4.79 Å². The molecule has 2 nitrogen and oxygen atoms in total. The summed E-state index contributed by atoms with van der Waals surface area (Å²) in [6.07, 6.45) is 0.878. The monoisotopic (exact) mass is 266 g/mol. The van der Waals surface area contributed by atoms with E-state index in [9.17, 15) is 4.79 Å². The van der Waals surface area contributed by atoms with Crippen molar-refractivity contribution in [3.8, 4) is 0 Å². The molecule has 0 radical (unpaired) electrons. The van der Waals surface area contributed by atoms with Crippen molar-refractivity contribution in [2.24, 2.45) is 0 Å². The van der Waals surface area contributed by atoms with Crippen LogP contribution in [0, 0.1) is 0 Å². The summed E-state index contributed by atoms with van der Waals surface area (Å²) in [5, 5.41) is 2.12. The Labute approximate surface area is 109 Å². The first-order chi connectivity index (χ1) is 8.31. The van der Waals surface area contributed by atoms with Gasteiger partial charge in [0, 0.05) is 0 Å². The number of hydrogen-bond donors (Lipinski definition) is 0. The Kier molecular flexibility index (Phi) is 4.57. The molecule has 90 valence electrons. The molecule has 0 saturated heterocycles. The van der Waals surface area contributed by atoms with Gasteiger partial charge in [-0.2, -0.15) is 0 Å². The van der Waals surface area contributed by atoms with E-state index >= 15 is 0 Å². The van der Waals surface area contributed by atoms with Crippen molar-refractivity contribution in [1.82, 2.24) is 0 Å². The van der Waals surface area contributed by atoms with Gasteiger partial charge in [0.2, 0.25) is 0 Å². The van der Waals surface area contributed by atoms with Crippen LogP contribution in [0.25, 0.3) is 0 Å². The van der Waals surface area contributed by atoms with Gasteiger partial charge in [0.25, 0.3) is 0 Å². The predicted octanol–water partition coefficient (Wildman–Crippen LogP) is 3.44. The Hall–Kier alpha value is -0.870. The highest BCUT2D eigenvalue weighted by Gasteiger charge is 2.27. The summed E-state index contributed by atoms with van der Waals surface area (Å²) in [6.45, 7) is 2.27. The molecular formula is C13H14O2S2. The molecule has 0 saturated carbocycles. The number of rotatable bonds is 4. The number of carbonyl (C=O) groups is 1. The molecule has 0 aliphatic carbocycles. The van der Waals surface area contributed by atoms with Gasteiger partial charge < -0.3 is 4.74 Å². The molecule has 1 unspecified atom stereocenters. The second-order valence-electron chi connectivity index (χ2n) is 3.66. The molecule has 0 bridgehead atoms. The Bertz CT molecular complexity index is 415. The predicted molar refractivity (Wildman–Crippen MR) is 73.8 cm³/mol. The second kappa shape index (κ2) is 6.17. The van der Waals surface area contributed by atoms with Crippen molar-refractivity contribution in [2.75, 3.05) is 6.61 Å². The van der Waals surface area contributed by atoms with E-state index in [-0.39, 0.29) is 11.2 Å². The van der Waals surface area contributed by atoms with Crippen molar-refractivity contribution in [3.63, 3.8) is 0 Å². The molecule has 2 rings (SSSR count). The average Bonchev–Trinajstić information content (AvgIpc) is 2.79. The zero-order chi connectivity index (χ0) is 12.1. The van der Waals surface area contributed by atoms with E-state index in [1.807, 2.05) is 30.5 Å². The van der Waals surface area contributed by atoms with Crippen LogP contribution in [0.15, 0.2) is 41.3 Å². The van der Waals surface area contributed by atoms with Crippen molar-refractivity contribution < 1.29 is 9.53 Å². The second-order valence-corrected chi connectivity index (χ2v) is 6.01. The summed E-state index contributed by atoms with van der Waals surface area (Å²) in [4.78, 5) is 11.7. The molecule has 1 heterocycles. The van der Waals surface area contributed by atoms with E-state index in [4.69, 9.17) is 4.74 Å². The zero-order valence-corrected chi connectivity index (χ0v) is 11.2. The first kappa shape index (κ1) is 12.6. The summed E-state index contributed by atoms with van der Waals surface area (Å²) >= 11 is 0. The van der Waals surface area contributed by atoms with E-state index in [0.29, 0.717) is 6.61 Å². The summed E-state index contributed by atoms with van der Waals surface area (Å²) in [5.74, 6) is -0.175. The van der Waals surface area contributed by atoms with Crippen LogP contribution in [0.5, 0.6) is 0 Å². The fourth-order valence-electron chi connectivity index (χ4n) is 1.64. The Morgan fingerprint density at radius 3 is 2.82 bits per heavy atom. The third kappa shape index (κ3) is 3.30.